The van der Waals surface area contributed by atoms with Crippen molar-refractivity contribution in [3.8, 4) is 5.69 Å². The molecule has 0 spiro atoms. The number of pyridine rings is 1. The van der Waals surface area contributed by atoms with Crippen molar-refractivity contribution in [3.05, 3.63) is 113 Å². The molecule has 1 amide bonds. The highest BCUT2D eigenvalue weighted by molar-refractivity contribution is 7.80. The van der Waals surface area contributed by atoms with Gasteiger partial charge >= 0.3 is 0 Å². The topological polar surface area (TPSA) is 105 Å². The zero-order valence-corrected chi connectivity index (χ0v) is 20.1. The highest BCUT2D eigenvalue weighted by Crippen LogP contribution is 2.42. The predicted octanol–water partition coefficient (Wildman–Crippen LogP) is 4.92. The molecule has 36 heavy (non-hydrogen) atoms. The number of aromatic nitrogens is 2. The minimum Gasteiger partial charge on any atom is -0.351 e. The van der Waals surface area contributed by atoms with Crippen LogP contribution >= 0.6 is 12.2 Å². The molecule has 2 aromatic heterocycles. The SMILES string of the molecule is CC(=O)Nc1ccc(N2C(=S)N[C@H](c3ccccn3)[C@@H]2c2cccn2-c2ccc([N+](=O)[O-])cc2)cc1. The first-order valence-electron chi connectivity index (χ1n) is 11.2. The number of thiocarbonyl (C=S) groups is 1. The van der Waals surface area contributed by atoms with Crippen molar-refractivity contribution in [2.24, 2.45) is 0 Å². The van der Waals surface area contributed by atoms with E-state index in [2.05, 4.69) is 15.6 Å². The van der Waals surface area contributed by atoms with Crippen LogP contribution in [0.2, 0.25) is 0 Å². The minimum atomic E-state index is -0.414. The lowest BCUT2D eigenvalue weighted by Gasteiger charge is -2.29. The number of nitrogens with one attached hydrogen (secondary N) is 2. The summed E-state index contributed by atoms with van der Waals surface area (Å²) in [6.07, 6.45) is 3.67. The molecular formula is C26H22N6O3S. The monoisotopic (exact) mass is 498 g/mol. The van der Waals surface area contributed by atoms with Crippen LogP contribution in [-0.4, -0.2) is 25.5 Å². The van der Waals surface area contributed by atoms with Crippen LogP contribution in [0.3, 0.4) is 0 Å². The first-order valence-corrected chi connectivity index (χ1v) is 11.6. The van der Waals surface area contributed by atoms with Crippen LogP contribution in [0.4, 0.5) is 17.1 Å². The number of hydrogen-bond donors (Lipinski definition) is 2. The fraction of sp³-hybridized carbons (Fsp3) is 0.115. The van der Waals surface area contributed by atoms with E-state index in [9.17, 15) is 14.9 Å². The Balaban J connectivity index is 1.59. The van der Waals surface area contributed by atoms with Crippen molar-refractivity contribution in [2.45, 2.75) is 19.0 Å². The van der Waals surface area contributed by atoms with Crippen LogP contribution in [-0.2, 0) is 4.79 Å². The van der Waals surface area contributed by atoms with Gasteiger partial charge in [0.15, 0.2) is 5.11 Å². The summed E-state index contributed by atoms with van der Waals surface area (Å²) in [5.74, 6) is -0.143. The summed E-state index contributed by atoms with van der Waals surface area (Å²) in [6, 6.07) is 23.1. The predicted molar refractivity (Wildman–Crippen MR) is 141 cm³/mol. The van der Waals surface area contributed by atoms with Crippen molar-refractivity contribution >= 4 is 40.3 Å². The van der Waals surface area contributed by atoms with Crippen molar-refractivity contribution in [3.63, 3.8) is 0 Å². The lowest BCUT2D eigenvalue weighted by Crippen LogP contribution is -2.30. The first kappa shape index (κ1) is 23.2. The molecule has 10 heteroatoms. The van der Waals surface area contributed by atoms with E-state index >= 15 is 0 Å². The Kier molecular flexibility index (Phi) is 6.17. The van der Waals surface area contributed by atoms with Gasteiger partial charge in [0.2, 0.25) is 5.91 Å². The second kappa shape index (κ2) is 9.59. The number of carbonyl (C=O) groups is 1. The molecule has 2 N–H and O–H groups in total. The Bertz CT molecular complexity index is 1420. The number of rotatable bonds is 6. The van der Waals surface area contributed by atoms with Gasteiger partial charge in [0.1, 0.15) is 6.04 Å². The third kappa shape index (κ3) is 4.41. The number of nitro benzene ring substituents is 1. The standard InChI is InChI=1S/C26H22N6O3S/c1-17(33)28-18-7-9-20(10-8-18)31-25(24(29-26(31)36)22-5-2-3-15-27-22)23-6-4-16-30(23)19-11-13-21(14-12-19)32(34)35/h2-16,24-25H,1H3,(H,28,33)(H,29,36)/t24-,25+/m1/s1. The van der Waals surface area contributed by atoms with E-state index in [4.69, 9.17) is 12.2 Å². The van der Waals surface area contributed by atoms with Gasteiger partial charge in [0.05, 0.1) is 16.7 Å². The largest absolute Gasteiger partial charge is 0.351 e. The first-order chi connectivity index (χ1) is 17.4. The third-order valence-corrected chi connectivity index (χ3v) is 6.30. The van der Waals surface area contributed by atoms with E-state index in [-0.39, 0.29) is 23.7 Å². The minimum absolute atomic E-state index is 0.0309. The Morgan fingerprint density at radius 1 is 1.03 bits per heavy atom. The van der Waals surface area contributed by atoms with Crippen LogP contribution in [0.5, 0.6) is 0 Å². The smallest absolute Gasteiger partial charge is 0.269 e. The number of nitrogens with zero attached hydrogens (tertiary/aromatic N) is 4. The van der Waals surface area contributed by atoms with E-state index < -0.39 is 4.92 Å². The van der Waals surface area contributed by atoms with Gasteiger partial charge in [-0.3, -0.25) is 19.9 Å². The van der Waals surface area contributed by atoms with Gasteiger partial charge in [-0.05, 0) is 72.9 Å². The van der Waals surface area contributed by atoms with E-state index in [0.29, 0.717) is 10.8 Å². The van der Waals surface area contributed by atoms with Crippen LogP contribution in [0.15, 0.2) is 91.3 Å². The van der Waals surface area contributed by atoms with Crippen molar-refractivity contribution < 1.29 is 9.72 Å². The zero-order chi connectivity index (χ0) is 25.2. The van der Waals surface area contributed by atoms with E-state index in [0.717, 1.165) is 22.8 Å². The average molecular weight is 499 g/mol. The second-order valence-electron chi connectivity index (χ2n) is 8.30. The normalized spacial score (nSPS) is 17.0. The maximum atomic E-state index is 11.4. The molecule has 2 aromatic carbocycles. The lowest BCUT2D eigenvalue weighted by atomic mass is 10.0. The number of amides is 1. The summed E-state index contributed by atoms with van der Waals surface area (Å²) in [7, 11) is 0. The molecule has 0 unspecified atom stereocenters. The Morgan fingerprint density at radius 3 is 2.39 bits per heavy atom. The van der Waals surface area contributed by atoms with Gasteiger partial charge in [-0.25, -0.2) is 0 Å². The van der Waals surface area contributed by atoms with E-state index in [1.54, 1.807) is 18.3 Å². The second-order valence-corrected chi connectivity index (χ2v) is 8.69. The van der Waals surface area contributed by atoms with E-state index in [1.807, 2.05) is 70.3 Å². The number of anilines is 2. The molecule has 1 aliphatic heterocycles. The summed E-state index contributed by atoms with van der Waals surface area (Å²) in [5, 5.41) is 17.9. The van der Waals surface area contributed by atoms with Crippen molar-refractivity contribution in [1.82, 2.24) is 14.9 Å². The van der Waals surface area contributed by atoms with Crippen LogP contribution < -0.4 is 15.5 Å². The molecular weight excluding hydrogens is 476 g/mol. The molecule has 1 aliphatic rings. The molecule has 0 aliphatic carbocycles. The van der Waals surface area contributed by atoms with Gasteiger partial charge in [0.25, 0.3) is 5.69 Å². The summed E-state index contributed by atoms with van der Waals surface area (Å²) in [5.41, 5.74) is 4.12. The van der Waals surface area contributed by atoms with Gasteiger partial charge in [0, 0.05) is 54.2 Å². The van der Waals surface area contributed by atoms with Gasteiger partial charge < -0.3 is 20.1 Å². The van der Waals surface area contributed by atoms with Crippen LogP contribution in [0.1, 0.15) is 30.4 Å². The molecule has 2 atom stereocenters. The maximum absolute atomic E-state index is 11.4. The average Bonchev–Trinajstić information content (AvgIpc) is 3.49. The molecule has 1 saturated heterocycles. The quantitative estimate of drug-likeness (QED) is 0.221. The van der Waals surface area contributed by atoms with Crippen molar-refractivity contribution in [2.75, 3.05) is 10.2 Å². The van der Waals surface area contributed by atoms with Crippen molar-refractivity contribution in [1.29, 1.82) is 0 Å². The Hall–Kier alpha value is -4.57. The summed E-state index contributed by atoms with van der Waals surface area (Å²) < 4.78 is 2.00. The van der Waals surface area contributed by atoms with Gasteiger partial charge in [-0.15, -0.1) is 0 Å². The molecule has 9 nitrogen and oxygen atoms in total. The zero-order valence-electron chi connectivity index (χ0n) is 19.2. The number of hydrogen-bond acceptors (Lipinski definition) is 5. The third-order valence-electron chi connectivity index (χ3n) is 5.99. The summed E-state index contributed by atoms with van der Waals surface area (Å²) >= 11 is 5.79. The maximum Gasteiger partial charge on any atom is 0.269 e. The molecule has 180 valence electrons. The van der Waals surface area contributed by atoms with Crippen LogP contribution in [0.25, 0.3) is 5.69 Å². The van der Waals surface area contributed by atoms with Gasteiger partial charge in [-0.2, -0.15) is 0 Å². The molecule has 3 heterocycles. The molecule has 5 rings (SSSR count). The fourth-order valence-electron chi connectivity index (χ4n) is 4.45. The summed E-state index contributed by atoms with van der Waals surface area (Å²) in [6.45, 7) is 1.47. The number of benzene rings is 2. The Morgan fingerprint density at radius 2 is 1.75 bits per heavy atom. The summed E-state index contributed by atoms with van der Waals surface area (Å²) in [4.78, 5) is 28.8. The lowest BCUT2D eigenvalue weighted by molar-refractivity contribution is -0.384. The number of carbonyl (C=O) groups excluding carboxylic acids is 1. The molecule has 0 bridgehead atoms. The Labute approximate surface area is 212 Å². The fourth-order valence-corrected chi connectivity index (χ4v) is 4.79. The number of non-ortho nitro benzene ring substituents is 1. The number of nitro groups is 1. The molecule has 1 fully saturated rings. The van der Waals surface area contributed by atoms with Gasteiger partial charge in [-0.1, -0.05) is 6.07 Å². The molecule has 4 aromatic rings. The molecule has 0 radical (unpaired) electrons. The van der Waals surface area contributed by atoms with E-state index in [1.165, 1.54) is 19.1 Å². The molecule has 0 saturated carbocycles. The highest BCUT2D eigenvalue weighted by Gasteiger charge is 2.42. The highest BCUT2D eigenvalue weighted by atomic mass is 32.1. The van der Waals surface area contributed by atoms with Crippen LogP contribution in [0, 0.1) is 10.1 Å².